The number of ketones is 1. The van der Waals surface area contributed by atoms with Crippen LogP contribution in [0.25, 0.3) is 11.0 Å². The number of rotatable bonds is 4. The van der Waals surface area contributed by atoms with E-state index in [9.17, 15) is 4.79 Å². The van der Waals surface area contributed by atoms with E-state index < -0.39 is 0 Å². The van der Waals surface area contributed by atoms with E-state index in [1.54, 1.807) is 18.2 Å². The van der Waals surface area contributed by atoms with Crippen molar-refractivity contribution in [2.75, 3.05) is 0 Å². The Labute approximate surface area is 105 Å². The van der Waals surface area contributed by atoms with E-state index in [4.69, 9.17) is 11.6 Å². The Hall–Kier alpha value is -1.42. The zero-order valence-electron chi connectivity index (χ0n) is 9.85. The van der Waals surface area contributed by atoms with E-state index in [-0.39, 0.29) is 12.3 Å². The van der Waals surface area contributed by atoms with Crippen LogP contribution < -0.4 is 0 Å². The lowest BCUT2D eigenvalue weighted by Gasteiger charge is -2.02. The summed E-state index contributed by atoms with van der Waals surface area (Å²) in [4.78, 5) is 13.1. The third-order valence-electron chi connectivity index (χ3n) is 2.34. The highest BCUT2D eigenvalue weighted by Gasteiger charge is 2.09. The summed E-state index contributed by atoms with van der Waals surface area (Å²) in [6.07, 6.45) is 0.554. The summed E-state index contributed by atoms with van der Waals surface area (Å²) in [6.45, 7) is 4.26. The van der Waals surface area contributed by atoms with Crippen LogP contribution in [0.4, 0.5) is 0 Å². The second-order valence-corrected chi connectivity index (χ2v) is 4.94. The van der Waals surface area contributed by atoms with E-state index in [0.29, 0.717) is 17.4 Å². The van der Waals surface area contributed by atoms with Crippen molar-refractivity contribution >= 4 is 28.4 Å². The van der Waals surface area contributed by atoms with Crippen molar-refractivity contribution in [3.63, 3.8) is 0 Å². The summed E-state index contributed by atoms with van der Waals surface area (Å²) in [6, 6.07) is 5.31. The van der Waals surface area contributed by atoms with Gasteiger partial charge in [0.2, 0.25) is 0 Å². The van der Waals surface area contributed by atoms with Crippen LogP contribution in [0.3, 0.4) is 0 Å². The van der Waals surface area contributed by atoms with Crippen molar-refractivity contribution in [2.45, 2.75) is 26.8 Å². The monoisotopic (exact) mass is 251 g/mol. The largest absolute Gasteiger partial charge is 0.298 e. The molecule has 0 amide bonds. The standard InChI is InChI=1S/C12H14ClN3O/c1-8(2)5-10(17)7-16-14-11-4-3-9(13)6-12(11)15-16/h3-4,6,8H,5,7H2,1-2H3. The Kier molecular flexibility index (Phi) is 3.43. The lowest BCUT2D eigenvalue weighted by molar-refractivity contribution is -0.120. The number of benzene rings is 1. The van der Waals surface area contributed by atoms with Gasteiger partial charge in [-0.05, 0) is 24.1 Å². The quantitative estimate of drug-likeness (QED) is 0.839. The Morgan fingerprint density at radius 2 is 2.06 bits per heavy atom. The topological polar surface area (TPSA) is 47.8 Å². The molecule has 0 atom stereocenters. The molecule has 0 spiro atoms. The number of nitrogens with zero attached hydrogens (tertiary/aromatic N) is 3. The van der Waals surface area contributed by atoms with Gasteiger partial charge in [-0.2, -0.15) is 15.0 Å². The molecule has 0 N–H and O–H groups in total. The molecule has 2 aromatic rings. The summed E-state index contributed by atoms with van der Waals surface area (Å²) in [5.74, 6) is 0.508. The van der Waals surface area contributed by atoms with Gasteiger partial charge in [0.1, 0.15) is 17.6 Å². The second kappa shape index (κ2) is 4.84. The van der Waals surface area contributed by atoms with Crippen LogP contribution in [-0.4, -0.2) is 20.8 Å². The molecule has 0 aliphatic heterocycles. The van der Waals surface area contributed by atoms with Gasteiger partial charge in [0.15, 0.2) is 5.78 Å². The molecule has 1 heterocycles. The van der Waals surface area contributed by atoms with Crippen LogP contribution in [-0.2, 0) is 11.3 Å². The van der Waals surface area contributed by atoms with Crippen LogP contribution >= 0.6 is 11.6 Å². The number of fused-ring (bicyclic) bond motifs is 1. The molecule has 17 heavy (non-hydrogen) atoms. The minimum absolute atomic E-state index is 0.145. The highest BCUT2D eigenvalue weighted by Crippen LogP contribution is 2.15. The van der Waals surface area contributed by atoms with Gasteiger partial charge < -0.3 is 0 Å². The Morgan fingerprint density at radius 3 is 2.76 bits per heavy atom. The molecule has 0 aliphatic rings. The first-order valence-corrected chi connectivity index (χ1v) is 5.94. The van der Waals surface area contributed by atoms with Gasteiger partial charge in [0, 0.05) is 11.4 Å². The molecule has 4 nitrogen and oxygen atoms in total. The van der Waals surface area contributed by atoms with Gasteiger partial charge >= 0.3 is 0 Å². The van der Waals surface area contributed by atoms with Crippen molar-refractivity contribution in [1.29, 1.82) is 0 Å². The third-order valence-corrected chi connectivity index (χ3v) is 2.57. The van der Waals surface area contributed by atoms with Gasteiger partial charge in [-0.25, -0.2) is 0 Å². The van der Waals surface area contributed by atoms with Gasteiger partial charge in [-0.3, -0.25) is 4.79 Å². The maximum Gasteiger partial charge on any atom is 0.156 e. The molecule has 0 bridgehead atoms. The van der Waals surface area contributed by atoms with Crippen molar-refractivity contribution in [2.24, 2.45) is 5.92 Å². The molecule has 1 aromatic carbocycles. The maximum atomic E-state index is 11.6. The van der Waals surface area contributed by atoms with Crippen molar-refractivity contribution in [1.82, 2.24) is 15.0 Å². The Bertz CT molecular complexity index is 548. The Morgan fingerprint density at radius 1 is 1.35 bits per heavy atom. The maximum absolute atomic E-state index is 11.6. The number of aromatic nitrogens is 3. The van der Waals surface area contributed by atoms with E-state index in [2.05, 4.69) is 10.2 Å². The molecule has 90 valence electrons. The third kappa shape index (κ3) is 3.03. The summed E-state index contributed by atoms with van der Waals surface area (Å²) < 4.78 is 0. The average Bonchev–Trinajstić information content (AvgIpc) is 2.57. The van der Waals surface area contributed by atoms with Crippen LogP contribution in [0.15, 0.2) is 18.2 Å². The van der Waals surface area contributed by atoms with Crippen LogP contribution in [0.1, 0.15) is 20.3 Å². The minimum atomic E-state index is 0.145. The van der Waals surface area contributed by atoms with E-state index >= 15 is 0 Å². The highest BCUT2D eigenvalue weighted by atomic mass is 35.5. The molecule has 0 saturated heterocycles. The molecular formula is C12H14ClN3O. The fourth-order valence-corrected chi connectivity index (χ4v) is 1.85. The van der Waals surface area contributed by atoms with Crippen LogP contribution in [0.5, 0.6) is 0 Å². The van der Waals surface area contributed by atoms with Gasteiger partial charge in [-0.15, -0.1) is 0 Å². The molecule has 1 aromatic heterocycles. The summed E-state index contributed by atoms with van der Waals surface area (Å²) in [5.41, 5.74) is 1.47. The number of Topliss-reactive ketones (excluding diaryl/α,β-unsaturated/α-hetero) is 1. The fraction of sp³-hybridized carbons (Fsp3) is 0.417. The average molecular weight is 252 g/mol. The van der Waals surface area contributed by atoms with Gasteiger partial charge in [-0.1, -0.05) is 25.4 Å². The number of hydrogen-bond donors (Lipinski definition) is 0. The predicted octanol–water partition coefficient (Wildman–Crippen LogP) is 2.70. The summed E-state index contributed by atoms with van der Waals surface area (Å²) >= 11 is 5.86. The molecule has 0 radical (unpaired) electrons. The summed E-state index contributed by atoms with van der Waals surface area (Å²) in [7, 11) is 0. The number of halogens is 1. The predicted molar refractivity (Wildman–Crippen MR) is 67.0 cm³/mol. The van der Waals surface area contributed by atoms with E-state index in [1.807, 2.05) is 13.8 Å². The molecule has 2 rings (SSSR count). The summed E-state index contributed by atoms with van der Waals surface area (Å²) in [5, 5.41) is 9.07. The lowest BCUT2D eigenvalue weighted by Crippen LogP contribution is -2.14. The smallest absolute Gasteiger partial charge is 0.156 e. The molecule has 5 heteroatoms. The molecule has 0 unspecified atom stereocenters. The number of carbonyl (C=O) groups excluding carboxylic acids is 1. The normalized spacial score (nSPS) is 11.3. The first-order chi connectivity index (χ1) is 8.04. The SMILES string of the molecule is CC(C)CC(=O)Cn1nc2ccc(Cl)cc2n1. The van der Waals surface area contributed by atoms with Gasteiger partial charge in [0.25, 0.3) is 0 Å². The zero-order valence-corrected chi connectivity index (χ0v) is 10.6. The second-order valence-electron chi connectivity index (χ2n) is 4.50. The first-order valence-electron chi connectivity index (χ1n) is 5.56. The molecular weight excluding hydrogens is 238 g/mol. The highest BCUT2D eigenvalue weighted by molar-refractivity contribution is 6.31. The van der Waals surface area contributed by atoms with Crippen molar-refractivity contribution in [3.8, 4) is 0 Å². The zero-order chi connectivity index (χ0) is 12.4. The molecule has 0 saturated carbocycles. The van der Waals surface area contributed by atoms with Crippen LogP contribution in [0, 0.1) is 5.92 Å². The van der Waals surface area contributed by atoms with Crippen LogP contribution in [0.2, 0.25) is 5.02 Å². The number of hydrogen-bond acceptors (Lipinski definition) is 3. The van der Waals surface area contributed by atoms with Crippen molar-refractivity contribution in [3.05, 3.63) is 23.2 Å². The Balaban J connectivity index is 2.17. The van der Waals surface area contributed by atoms with Gasteiger partial charge in [0.05, 0.1) is 0 Å². The molecule has 0 aliphatic carbocycles. The van der Waals surface area contributed by atoms with Crippen molar-refractivity contribution < 1.29 is 4.79 Å². The minimum Gasteiger partial charge on any atom is -0.298 e. The van der Waals surface area contributed by atoms with E-state index in [1.165, 1.54) is 4.80 Å². The lowest BCUT2D eigenvalue weighted by atomic mass is 10.1. The first kappa shape index (κ1) is 12.0. The fourth-order valence-electron chi connectivity index (χ4n) is 1.68. The molecule has 0 fully saturated rings. The number of carbonyl (C=O) groups is 1. The van der Waals surface area contributed by atoms with E-state index in [0.717, 1.165) is 11.0 Å².